The molecular formula is C20H21ClN2O4S. The van der Waals surface area contributed by atoms with Crippen molar-refractivity contribution < 1.29 is 18.8 Å². The Morgan fingerprint density at radius 2 is 2.07 bits per heavy atom. The maximum Gasteiger partial charge on any atom is 0.251 e. The molecule has 0 aliphatic heterocycles. The molecule has 2 heterocycles. The van der Waals surface area contributed by atoms with Crippen molar-refractivity contribution in [3.05, 3.63) is 62.1 Å². The summed E-state index contributed by atoms with van der Waals surface area (Å²) in [6.45, 7) is 5.92. The number of thiophene rings is 1. The molecule has 2 aromatic heterocycles. The lowest BCUT2D eigenvalue weighted by atomic mass is 10.1. The lowest BCUT2D eigenvalue weighted by Gasteiger charge is -2.14. The minimum absolute atomic E-state index is 0.147. The van der Waals surface area contributed by atoms with E-state index in [1.807, 2.05) is 32.9 Å². The Kier molecular flexibility index (Phi) is 6.26. The van der Waals surface area contributed by atoms with Crippen molar-refractivity contribution in [2.75, 3.05) is 7.11 Å². The molecule has 0 aliphatic rings. The van der Waals surface area contributed by atoms with Gasteiger partial charge in [0.25, 0.3) is 5.91 Å². The van der Waals surface area contributed by atoms with Crippen molar-refractivity contribution in [2.24, 2.45) is 0 Å². The van der Waals surface area contributed by atoms with Crippen molar-refractivity contribution >= 4 is 28.8 Å². The van der Waals surface area contributed by atoms with Gasteiger partial charge in [0, 0.05) is 10.4 Å². The number of nitrogens with one attached hydrogen (secondary N) is 1. The van der Waals surface area contributed by atoms with Crippen LogP contribution in [0.3, 0.4) is 0 Å². The Labute approximate surface area is 172 Å². The van der Waals surface area contributed by atoms with E-state index < -0.39 is 0 Å². The quantitative estimate of drug-likeness (QED) is 0.576. The molecule has 1 N–H and O–H groups in total. The third kappa shape index (κ3) is 4.48. The number of amides is 1. The topological polar surface area (TPSA) is 73.6 Å². The van der Waals surface area contributed by atoms with E-state index in [1.54, 1.807) is 18.2 Å². The predicted octanol–water partition coefficient (Wildman–Crippen LogP) is 5.08. The van der Waals surface area contributed by atoms with Gasteiger partial charge < -0.3 is 19.3 Å². The summed E-state index contributed by atoms with van der Waals surface area (Å²) in [4.78, 5) is 13.6. The Morgan fingerprint density at radius 3 is 2.68 bits per heavy atom. The summed E-state index contributed by atoms with van der Waals surface area (Å²) in [7, 11) is 1.54. The van der Waals surface area contributed by atoms with E-state index in [4.69, 9.17) is 25.6 Å². The number of carbonyl (C=O) groups excluding carboxylic acids is 1. The predicted molar refractivity (Wildman–Crippen MR) is 109 cm³/mol. The Hall–Kier alpha value is -2.51. The van der Waals surface area contributed by atoms with E-state index in [-0.39, 0.29) is 11.9 Å². The average molecular weight is 421 g/mol. The molecule has 0 fully saturated rings. The minimum atomic E-state index is -0.201. The molecule has 0 radical (unpaired) electrons. The summed E-state index contributed by atoms with van der Waals surface area (Å²) in [6, 6.07) is 8.66. The SMILES string of the molecule is COc1cc(C(=O)NC(C)c2ccc(Cl)s2)ccc1OCc1c(C)noc1C. The maximum atomic E-state index is 12.6. The van der Waals surface area contributed by atoms with Crippen LogP contribution in [0, 0.1) is 13.8 Å². The van der Waals surface area contributed by atoms with Gasteiger partial charge in [-0.2, -0.15) is 0 Å². The molecule has 0 saturated carbocycles. The number of methoxy groups -OCH3 is 1. The fraction of sp³-hybridized carbons (Fsp3) is 0.300. The average Bonchev–Trinajstić information content (AvgIpc) is 3.25. The van der Waals surface area contributed by atoms with Gasteiger partial charge in [-0.3, -0.25) is 4.79 Å². The first-order valence-electron chi connectivity index (χ1n) is 8.67. The molecule has 3 aromatic rings. The van der Waals surface area contributed by atoms with Crippen molar-refractivity contribution in [1.82, 2.24) is 10.5 Å². The molecule has 0 saturated heterocycles. The number of hydrogen-bond donors (Lipinski definition) is 1. The van der Waals surface area contributed by atoms with Crippen LogP contribution in [0.15, 0.2) is 34.9 Å². The molecule has 8 heteroatoms. The fourth-order valence-electron chi connectivity index (χ4n) is 2.70. The van der Waals surface area contributed by atoms with Crippen molar-refractivity contribution in [3.8, 4) is 11.5 Å². The van der Waals surface area contributed by atoms with E-state index in [2.05, 4.69) is 10.5 Å². The molecule has 3 rings (SSSR count). The van der Waals surface area contributed by atoms with Crippen LogP contribution < -0.4 is 14.8 Å². The number of hydrogen-bond acceptors (Lipinski definition) is 6. The molecule has 28 heavy (non-hydrogen) atoms. The fourth-order valence-corrected chi connectivity index (χ4v) is 3.76. The van der Waals surface area contributed by atoms with Gasteiger partial charge in [0.2, 0.25) is 0 Å². The summed E-state index contributed by atoms with van der Waals surface area (Å²) < 4.78 is 17.1. The van der Waals surface area contributed by atoms with Gasteiger partial charge >= 0.3 is 0 Å². The molecule has 0 aliphatic carbocycles. The lowest BCUT2D eigenvalue weighted by Crippen LogP contribution is -2.26. The monoisotopic (exact) mass is 420 g/mol. The second-order valence-corrected chi connectivity index (χ2v) is 8.04. The zero-order valence-electron chi connectivity index (χ0n) is 16.0. The van der Waals surface area contributed by atoms with Gasteiger partial charge in [-0.1, -0.05) is 16.8 Å². The maximum absolute atomic E-state index is 12.6. The van der Waals surface area contributed by atoms with Crippen LogP contribution >= 0.6 is 22.9 Å². The molecule has 1 atom stereocenters. The highest BCUT2D eigenvalue weighted by Crippen LogP contribution is 2.30. The second kappa shape index (κ2) is 8.67. The van der Waals surface area contributed by atoms with Gasteiger partial charge in [-0.25, -0.2) is 0 Å². The van der Waals surface area contributed by atoms with E-state index in [0.717, 1.165) is 21.9 Å². The molecular weight excluding hydrogens is 400 g/mol. The normalized spacial score (nSPS) is 11.9. The molecule has 0 bridgehead atoms. The highest BCUT2D eigenvalue weighted by Gasteiger charge is 2.16. The Morgan fingerprint density at radius 1 is 1.29 bits per heavy atom. The van der Waals surface area contributed by atoms with Crippen molar-refractivity contribution in [3.63, 3.8) is 0 Å². The van der Waals surface area contributed by atoms with Crippen LogP contribution in [0.25, 0.3) is 0 Å². The zero-order chi connectivity index (χ0) is 20.3. The van der Waals surface area contributed by atoms with Crippen LogP contribution in [-0.2, 0) is 6.61 Å². The third-order valence-corrected chi connectivity index (χ3v) is 5.76. The summed E-state index contributed by atoms with van der Waals surface area (Å²) in [5, 5.41) is 6.88. The number of aromatic nitrogens is 1. The lowest BCUT2D eigenvalue weighted by molar-refractivity contribution is 0.0940. The Balaban J connectivity index is 1.70. The summed E-state index contributed by atoms with van der Waals surface area (Å²) in [5.41, 5.74) is 2.17. The van der Waals surface area contributed by atoms with Gasteiger partial charge in [0.05, 0.1) is 28.7 Å². The van der Waals surface area contributed by atoms with Crippen LogP contribution in [0.2, 0.25) is 4.34 Å². The van der Waals surface area contributed by atoms with Crippen LogP contribution in [-0.4, -0.2) is 18.2 Å². The first-order valence-corrected chi connectivity index (χ1v) is 9.87. The third-order valence-electron chi connectivity index (χ3n) is 4.35. The number of carbonyl (C=O) groups is 1. The van der Waals surface area contributed by atoms with E-state index in [1.165, 1.54) is 18.4 Å². The molecule has 148 valence electrons. The molecule has 1 amide bonds. The van der Waals surface area contributed by atoms with Gasteiger partial charge in [-0.15, -0.1) is 11.3 Å². The highest BCUT2D eigenvalue weighted by molar-refractivity contribution is 7.16. The van der Waals surface area contributed by atoms with Crippen molar-refractivity contribution in [2.45, 2.75) is 33.4 Å². The van der Waals surface area contributed by atoms with Crippen LogP contribution in [0.1, 0.15) is 45.2 Å². The van der Waals surface area contributed by atoms with Crippen LogP contribution in [0.4, 0.5) is 0 Å². The summed E-state index contributed by atoms with van der Waals surface area (Å²) in [6.07, 6.45) is 0. The Bertz CT molecular complexity index is 963. The number of nitrogens with zero attached hydrogens (tertiary/aromatic N) is 1. The number of ether oxygens (including phenoxy) is 2. The van der Waals surface area contributed by atoms with Crippen LogP contribution in [0.5, 0.6) is 11.5 Å². The molecule has 1 aromatic carbocycles. The highest BCUT2D eigenvalue weighted by atomic mass is 35.5. The minimum Gasteiger partial charge on any atom is -0.493 e. The number of halogens is 1. The first-order chi connectivity index (χ1) is 13.4. The van der Waals surface area contributed by atoms with Gasteiger partial charge in [-0.05, 0) is 51.1 Å². The molecule has 0 spiro atoms. The van der Waals surface area contributed by atoms with E-state index >= 15 is 0 Å². The number of aryl methyl sites for hydroxylation is 2. The number of rotatable bonds is 7. The van der Waals surface area contributed by atoms with E-state index in [9.17, 15) is 4.79 Å². The van der Waals surface area contributed by atoms with Crippen molar-refractivity contribution in [1.29, 1.82) is 0 Å². The van der Waals surface area contributed by atoms with Gasteiger partial charge in [0.1, 0.15) is 12.4 Å². The summed E-state index contributed by atoms with van der Waals surface area (Å²) >= 11 is 7.41. The number of benzene rings is 1. The standard InChI is InChI=1S/C20H21ClN2O4S/c1-11-15(13(3)27-23-11)10-26-16-6-5-14(9-17(16)25-4)20(24)22-12(2)18-7-8-19(21)28-18/h5-9,12H,10H2,1-4H3,(H,22,24). The van der Waals surface area contributed by atoms with E-state index in [0.29, 0.717) is 28.0 Å². The first kappa shape index (κ1) is 20.2. The second-order valence-electron chi connectivity index (χ2n) is 6.29. The summed E-state index contributed by atoms with van der Waals surface area (Å²) in [5.74, 6) is 1.53. The molecule has 1 unspecified atom stereocenters. The zero-order valence-corrected chi connectivity index (χ0v) is 17.6. The van der Waals surface area contributed by atoms with Gasteiger partial charge in [0.15, 0.2) is 11.5 Å². The molecule has 6 nitrogen and oxygen atoms in total. The largest absolute Gasteiger partial charge is 0.493 e. The smallest absolute Gasteiger partial charge is 0.251 e.